The highest BCUT2D eigenvalue weighted by Crippen LogP contribution is 2.14. The Morgan fingerprint density at radius 2 is 2.00 bits per heavy atom. The fourth-order valence-electron chi connectivity index (χ4n) is 1.97. The summed E-state index contributed by atoms with van der Waals surface area (Å²) in [6, 6.07) is 12.4. The first-order valence-electron chi connectivity index (χ1n) is 6.20. The molecule has 0 bridgehead atoms. The van der Waals surface area contributed by atoms with Gasteiger partial charge in [-0.25, -0.2) is 4.98 Å². The second-order valence-corrected chi connectivity index (χ2v) is 4.44. The van der Waals surface area contributed by atoms with Crippen LogP contribution in [-0.4, -0.2) is 21.0 Å². The van der Waals surface area contributed by atoms with Crippen molar-refractivity contribution < 1.29 is 9.90 Å². The lowest BCUT2D eigenvalue weighted by Crippen LogP contribution is -2.11. The molecule has 1 aromatic heterocycles. The van der Waals surface area contributed by atoms with Crippen molar-refractivity contribution in [2.45, 2.75) is 6.61 Å². The number of imidazole rings is 1. The van der Waals surface area contributed by atoms with Crippen molar-refractivity contribution in [3.8, 4) is 0 Å². The number of anilines is 1. The Morgan fingerprint density at radius 3 is 2.75 bits per heavy atom. The molecule has 5 nitrogen and oxygen atoms in total. The number of H-pyrrole nitrogens is 1. The van der Waals surface area contributed by atoms with Crippen molar-refractivity contribution in [2.24, 2.45) is 0 Å². The molecule has 0 spiro atoms. The highest BCUT2D eigenvalue weighted by atomic mass is 16.3. The Kier molecular flexibility index (Phi) is 3.18. The number of hydrogen-bond donors (Lipinski definition) is 3. The van der Waals surface area contributed by atoms with Crippen molar-refractivity contribution in [1.29, 1.82) is 0 Å². The van der Waals surface area contributed by atoms with Crippen LogP contribution in [0.15, 0.2) is 48.8 Å². The molecule has 5 heteroatoms. The highest BCUT2D eigenvalue weighted by molar-refractivity contribution is 6.05. The fourth-order valence-corrected chi connectivity index (χ4v) is 1.97. The summed E-state index contributed by atoms with van der Waals surface area (Å²) in [6.07, 6.45) is 1.60. The monoisotopic (exact) mass is 267 g/mol. The number of aromatic nitrogens is 2. The third-order valence-corrected chi connectivity index (χ3v) is 3.08. The highest BCUT2D eigenvalue weighted by Gasteiger charge is 2.07. The fraction of sp³-hybridized carbons (Fsp3) is 0.0667. The van der Waals surface area contributed by atoms with Gasteiger partial charge in [0.15, 0.2) is 0 Å². The molecular weight excluding hydrogens is 254 g/mol. The minimum atomic E-state index is -0.182. The van der Waals surface area contributed by atoms with Crippen LogP contribution in [0.2, 0.25) is 0 Å². The number of fused-ring (bicyclic) bond motifs is 1. The van der Waals surface area contributed by atoms with E-state index in [0.29, 0.717) is 11.3 Å². The summed E-state index contributed by atoms with van der Waals surface area (Å²) in [5, 5.41) is 11.8. The zero-order valence-corrected chi connectivity index (χ0v) is 10.6. The van der Waals surface area contributed by atoms with E-state index in [0.717, 1.165) is 16.6 Å². The van der Waals surface area contributed by atoms with E-state index in [9.17, 15) is 4.79 Å². The lowest BCUT2D eigenvalue weighted by molar-refractivity contribution is 0.102. The molecule has 0 unspecified atom stereocenters. The van der Waals surface area contributed by atoms with E-state index in [2.05, 4.69) is 15.3 Å². The summed E-state index contributed by atoms with van der Waals surface area (Å²) >= 11 is 0. The molecule has 3 N–H and O–H groups in total. The molecule has 3 rings (SSSR count). The van der Waals surface area contributed by atoms with Crippen molar-refractivity contribution in [1.82, 2.24) is 9.97 Å². The predicted molar refractivity (Wildman–Crippen MR) is 76.4 cm³/mol. The van der Waals surface area contributed by atoms with E-state index >= 15 is 0 Å². The molecule has 2 aromatic carbocycles. The Bertz CT molecular complexity index is 747. The molecule has 0 saturated carbocycles. The average molecular weight is 267 g/mol. The SMILES string of the molecule is O=C(Nc1ccc(CO)cc1)c1ccc2nc[nH]c2c1. The largest absolute Gasteiger partial charge is 0.392 e. The Hall–Kier alpha value is -2.66. The molecule has 3 aromatic rings. The van der Waals surface area contributed by atoms with Gasteiger partial charge in [-0.3, -0.25) is 4.79 Å². The van der Waals surface area contributed by atoms with Gasteiger partial charge in [0, 0.05) is 11.3 Å². The number of carbonyl (C=O) groups excluding carboxylic acids is 1. The molecule has 1 heterocycles. The van der Waals surface area contributed by atoms with Crippen LogP contribution in [0.3, 0.4) is 0 Å². The molecular formula is C15H13N3O2. The summed E-state index contributed by atoms with van der Waals surface area (Å²) in [5.74, 6) is -0.182. The number of aromatic amines is 1. The standard InChI is InChI=1S/C15H13N3O2/c19-8-10-1-4-12(5-2-10)18-15(20)11-3-6-13-14(7-11)17-9-16-13/h1-7,9,19H,8H2,(H,16,17)(H,18,20). The van der Waals surface area contributed by atoms with Crippen molar-refractivity contribution in [3.63, 3.8) is 0 Å². The van der Waals surface area contributed by atoms with Gasteiger partial charge in [-0.2, -0.15) is 0 Å². The summed E-state index contributed by atoms with van der Waals surface area (Å²) in [6.45, 7) is -0.00921. The maximum Gasteiger partial charge on any atom is 0.255 e. The van der Waals surface area contributed by atoms with E-state index in [1.165, 1.54) is 0 Å². The summed E-state index contributed by atoms with van der Waals surface area (Å²) in [7, 11) is 0. The second kappa shape index (κ2) is 5.14. The predicted octanol–water partition coefficient (Wildman–Crippen LogP) is 2.31. The van der Waals surface area contributed by atoms with Crippen LogP contribution in [0.5, 0.6) is 0 Å². The third kappa shape index (κ3) is 2.39. The number of amides is 1. The van der Waals surface area contributed by atoms with Crippen LogP contribution in [-0.2, 0) is 6.61 Å². The van der Waals surface area contributed by atoms with Gasteiger partial charge in [-0.15, -0.1) is 0 Å². The van der Waals surface area contributed by atoms with Gasteiger partial charge in [-0.1, -0.05) is 12.1 Å². The zero-order chi connectivity index (χ0) is 13.9. The third-order valence-electron chi connectivity index (χ3n) is 3.08. The Labute approximate surface area is 115 Å². The second-order valence-electron chi connectivity index (χ2n) is 4.44. The van der Waals surface area contributed by atoms with Gasteiger partial charge >= 0.3 is 0 Å². The Morgan fingerprint density at radius 1 is 1.20 bits per heavy atom. The number of hydrogen-bond acceptors (Lipinski definition) is 3. The minimum absolute atomic E-state index is 0.00921. The van der Waals surface area contributed by atoms with E-state index in [1.54, 1.807) is 48.8 Å². The molecule has 0 aliphatic rings. The Balaban J connectivity index is 1.80. The zero-order valence-electron chi connectivity index (χ0n) is 10.6. The lowest BCUT2D eigenvalue weighted by Gasteiger charge is -2.06. The number of rotatable bonds is 3. The quantitative estimate of drug-likeness (QED) is 0.681. The first kappa shape index (κ1) is 12.4. The summed E-state index contributed by atoms with van der Waals surface area (Å²) in [5.41, 5.74) is 3.72. The first-order valence-corrected chi connectivity index (χ1v) is 6.20. The first-order chi connectivity index (χ1) is 9.76. The molecule has 20 heavy (non-hydrogen) atoms. The normalized spacial score (nSPS) is 10.7. The average Bonchev–Trinajstić information content (AvgIpc) is 2.95. The van der Waals surface area contributed by atoms with Crippen molar-refractivity contribution >= 4 is 22.6 Å². The maximum atomic E-state index is 12.1. The summed E-state index contributed by atoms with van der Waals surface area (Å²) in [4.78, 5) is 19.2. The van der Waals surface area contributed by atoms with Gasteiger partial charge in [0.25, 0.3) is 5.91 Å². The number of benzene rings is 2. The number of aliphatic hydroxyl groups excluding tert-OH is 1. The minimum Gasteiger partial charge on any atom is -0.392 e. The van der Waals surface area contributed by atoms with Gasteiger partial charge in [0.05, 0.1) is 24.0 Å². The molecule has 0 aliphatic heterocycles. The molecule has 0 aliphatic carbocycles. The lowest BCUT2D eigenvalue weighted by atomic mass is 10.1. The molecule has 0 atom stereocenters. The molecule has 100 valence electrons. The topological polar surface area (TPSA) is 78.0 Å². The van der Waals surface area contributed by atoms with Crippen molar-refractivity contribution in [3.05, 3.63) is 59.9 Å². The maximum absolute atomic E-state index is 12.1. The van der Waals surface area contributed by atoms with Crippen LogP contribution < -0.4 is 5.32 Å². The molecule has 0 radical (unpaired) electrons. The van der Waals surface area contributed by atoms with Crippen LogP contribution in [0.1, 0.15) is 15.9 Å². The van der Waals surface area contributed by atoms with E-state index in [1.807, 2.05) is 0 Å². The van der Waals surface area contributed by atoms with E-state index in [4.69, 9.17) is 5.11 Å². The van der Waals surface area contributed by atoms with Crippen molar-refractivity contribution in [2.75, 3.05) is 5.32 Å². The van der Waals surface area contributed by atoms with Gasteiger partial charge in [0.2, 0.25) is 0 Å². The van der Waals surface area contributed by atoms with E-state index < -0.39 is 0 Å². The summed E-state index contributed by atoms with van der Waals surface area (Å²) < 4.78 is 0. The van der Waals surface area contributed by atoms with Gasteiger partial charge < -0.3 is 15.4 Å². The molecule has 0 fully saturated rings. The molecule has 1 amide bonds. The van der Waals surface area contributed by atoms with Crippen LogP contribution in [0, 0.1) is 0 Å². The van der Waals surface area contributed by atoms with Gasteiger partial charge in [-0.05, 0) is 35.9 Å². The van der Waals surface area contributed by atoms with Gasteiger partial charge in [0.1, 0.15) is 0 Å². The van der Waals surface area contributed by atoms with Crippen LogP contribution in [0.25, 0.3) is 11.0 Å². The smallest absolute Gasteiger partial charge is 0.255 e. The van der Waals surface area contributed by atoms with Crippen LogP contribution >= 0.6 is 0 Å². The number of carbonyl (C=O) groups is 1. The molecule has 0 saturated heterocycles. The number of aliphatic hydroxyl groups is 1. The van der Waals surface area contributed by atoms with Crippen LogP contribution in [0.4, 0.5) is 5.69 Å². The number of nitrogens with zero attached hydrogens (tertiary/aromatic N) is 1. The number of nitrogens with one attached hydrogen (secondary N) is 2. The van der Waals surface area contributed by atoms with E-state index in [-0.39, 0.29) is 12.5 Å².